The molecule has 2 rings (SSSR count). The van der Waals surface area contributed by atoms with Crippen molar-refractivity contribution >= 4 is 5.69 Å². The molecule has 3 heteroatoms. The van der Waals surface area contributed by atoms with Gasteiger partial charge in [-0.25, -0.2) is 4.39 Å². The summed E-state index contributed by atoms with van der Waals surface area (Å²) in [4.78, 5) is 2.21. The Balaban J connectivity index is 2.35. The maximum atomic E-state index is 13.1. The molecule has 15 heavy (non-hydrogen) atoms. The highest BCUT2D eigenvalue weighted by molar-refractivity contribution is 5.56. The fraction of sp³-hybridized carbons (Fsp3) is 0.500. The van der Waals surface area contributed by atoms with Gasteiger partial charge >= 0.3 is 0 Å². The molecule has 1 aromatic rings. The largest absolute Gasteiger partial charge is 0.371 e. The van der Waals surface area contributed by atoms with Gasteiger partial charge in [-0.15, -0.1) is 0 Å². The summed E-state index contributed by atoms with van der Waals surface area (Å²) >= 11 is 0. The Hall–Kier alpha value is -1.09. The van der Waals surface area contributed by atoms with Gasteiger partial charge in [0.15, 0.2) is 0 Å². The highest BCUT2D eigenvalue weighted by Gasteiger charge is 2.28. The molecule has 82 valence electrons. The lowest BCUT2D eigenvalue weighted by atomic mass is 10.1. The number of anilines is 1. The second kappa shape index (κ2) is 3.81. The van der Waals surface area contributed by atoms with Gasteiger partial charge in [-0.3, -0.25) is 0 Å². The number of hydrogen-bond donors (Lipinski definition) is 1. The molecule has 1 saturated carbocycles. The van der Waals surface area contributed by atoms with Crippen molar-refractivity contribution in [2.24, 2.45) is 5.73 Å². The quantitative estimate of drug-likeness (QED) is 0.826. The van der Waals surface area contributed by atoms with Crippen LogP contribution in [0.4, 0.5) is 10.1 Å². The molecular weight excluding hydrogens is 191 g/mol. The molecule has 1 aromatic carbocycles. The third kappa shape index (κ3) is 2.12. The van der Waals surface area contributed by atoms with Crippen LogP contribution in [0.2, 0.25) is 0 Å². The van der Waals surface area contributed by atoms with Gasteiger partial charge in [0.2, 0.25) is 0 Å². The first kappa shape index (κ1) is 10.4. The Labute approximate surface area is 89.9 Å². The molecule has 0 aliphatic heterocycles. The van der Waals surface area contributed by atoms with E-state index in [1.165, 1.54) is 18.9 Å². The van der Waals surface area contributed by atoms with Crippen molar-refractivity contribution in [1.29, 1.82) is 0 Å². The van der Waals surface area contributed by atoms with Crippen molar-refractivity contribution in [1.82, 2.24) is 0 Å². The molecule has 1 atom stereocenters. The summed E-state index contributed by atoms with van der Waals surface area (Å²) in [6.07, 6.45) is 2.46. The van der Waals surface area contributed by atoms with Crippen LogP contribution in [0.1, 0.15) is 31.4 Å². The van der Waals surface area contributed by atoms with Gasteiger partial charge in [0.1, 0.15) is 5.82 Å². The molecule has 0 heterocycles. The summed E-state index contributed by atoms with van der Waals surface area (Å²) in [5.74, 6) is -0.213. The van der Waals surface area contributed by atoms with Crippen molar-refractivity contribution in [2.45, 2.75) is 31.8 Å². The Morgan fingerprint density at radius 2 is 2.13 bits per heavy atom. The van der Waals surface area contributed by atoms with Crippen LogP contribution < -0.4 is 10.6 Å². The Kier molecular flexibility index (Phi) is 2.65. The van der Waals surface area contributed by atoms with Gasteiger partial charge in [-0.2, -0.15) is 0 Å². The normalized spacial score (nSPS) is 17.6. The SMILES string of the molecule is CC(N)c1cc(F)ccc1N(C)C1CC1. The third-order valence-corrected chi connectivity index (χ3v) is 2.95. The van der Waals surface area contributed by atoms with Crippen LogP contribution in [0.25, 0.3) is 0 Å². The third-order valence-electron chi connectivity index (χ3n) is 2.95. The van der Waals surface area contributed by atoms with Crippen LogP contribution in [-0.2, 0) is 0 Å². The predicted molar refractivity (Wildman–Crippen MR) is 60.4 cm³/mol. The maximum absolute atomic E-state index is 13.1. The highest BCUT2D eigenvalue weighted by atomic mass is 19.1. The molecule has 0 saturated heterocycles. The van der Waals surface area contributed by atoms with Gasteiger partial charge < -0.3 is 10.6 Å². The molecule has 1 fully saturated rings. The minimum atomic E-state index is -0.213. The monoisotopic (exact) mass is 208 g/mol. The highest BCUT2D eigenvalue weighted by Crippen LogP contribution is 2.34. The molecule has 1 aliphatic carbocycles. The van der Waals surface area contributed by atoms with Crippen molar-refractivity contribution in [3.63, 3.8) is 0 Å². The lowest BCUT2D eigenvalue weighted by Crippen LogP contribution is -2.22. The topological polar surface area (TPSA) is 29.3 Å². The molecule has 2 nitrogen and oxygen atoms in total. The maximum Gasteiger partial charge on any atom is 0.123 e. The van der Waals surface area contributed by atoms with Crippen molar-refractivity contribution in [3.05, 3.63) is 29.6 Å². The van der Waals surface area contributed by atoms with E-state index in [0.717, 1.165) is 11.3 Å². The summed E-state index contributed by atoms with van der Waals surface area (Å²) in [7, 11) is 2.05. The van der Waals surface area contributed by atoms with Gasteiger partial charge in [0, 0.05) is 24.8 Å². The summed E-state index contributed by atoms with van der Waals surface area (Å²) in [5, 5.41) is 0. The van der Waals surface area contributed by atoms with E-state index in [1.807, 2.05) is 13.0 Å². The first-order valence-electron chi connectivity index (χ1n) is 5.37. The van der Waals surface area contributed by atoms with E-state index >= 15 is 0 Å². The number of hydrogen-bond acceptors (Lipinski definition) is 2. The number of benzene rings is 1. The Morgan fingerprint density at radius 3 is 2.67 bits per heavy atom. The zero-order valence-electron chi connectivity index (χ0n) is 9.20. The van der Waals surface area contributed by atoms with Crippen LogP contribution in [0.5, 0.6) is 0 Å². The summed E-state index contributed by atoms with van der Waals surface area (Å²) in [6, 6.07) is 5.36. The van der Waals surface area contributed by atoms with Crippen molar-refractivity contribution < 1.29 is 4.39 Å². The molecule has 2 N–H and O–H groups in total. The van der Waals surface area contributed by atoms with Crippen LogP contribution in [-0.4, -0.2) is 13.1 Å². The molecule has 1 aliphatic rings. The average Bonchev–Trinajstić information content (AvgIpc) is 2.99. The second-order valence-corrected chi connectivity index (χ2v) is 4.33. The van der Waals surface area contributed by atoms with E-state index in [9.17, 15) is 4.39 Å². The van der Waals surface area contributed by atoms with E-state index < -0.39 is 0 Å². The van der Waals surface area contributed by atoms with E-state index in [-0.39, 0.29) is 11.9 Å². The number of nitrogens with two attached hydrogens (primary N) is 1. The summed E-state index contributed by atoms with van der Waals surface area (Å²) in [5.41, 5.74) is 7.81. The second-order valence-electron chi connectivity index (χ2n) is 4.33. The summed E-state index contributed by atoms with van der Waals surface area (Å²) in [6.45, 7) is 1.89. The van der Waals surface area contributed by atoms with Crippen LogP contribution in [0, 0.1) is 5.82 Å². The van der Waals surface area contributed by atoms with Gasteiger partial charge in [0.25, 0.3) is 0 Å². The molecule has 0 bridgehead atoms. The number of halogens is 1. The number of rotatable bonds is 3. The standard InChI is InChI=1S/C12H17FN2/c1-8(14)11-7-9(13)3-6-12(11)15(2)10-4-5-10/h3,6-8,10H,4-5,14H2,1-2H3. The smallest absolute Gasteiger partial charge is 0.123 e. The fourth-order valence-corrected chi connectivity index (χ4v) is 1.87. The van der Waals surface area contributed by atoms with Crippen molar-refractivity contribution in [3.8, 4) is 0 Å². The molecule has 1 unspecified atom stereocenters. The van der Waals surface area contributed by atoms with Gasteiger partial charge in [-0.05, 0) is 43.5 Å². The van der Waals surface area contributed by atoms with Gasteiger partial charge in [0.05, 0.1) is 0 Å². The molecule has 0 amide bonds. The van der Waals surface area contributed by atoms with E-state index in [4.69, 9.17) is 5.73 Å². The molecule has 0 aromatic heterocycles. The summed E-state index contributed by atoms with van der Waals surface area (Å²) < 4.78 is 13.1. The van der Waals surface area contributed by atoms with E-state index in [1.54, 1.807) is 6.07 Å². The fourth-order valence-electron chi connectivity index (χ4n) is 1.87. The van der Waals surface area contributed by atoms with E-state index in [2.05, 4.69) is 11.9 Å². The van der Waals surface area contributed by atoms with Crippen LogP contribution >= 0.6 is 0 Å². The zero-order chi connectivity index (χ0) is 11.0. The Morgan fingerprint density at radius 1 is 1.47 bits per heavy atom. The Bertz CT molecular complexity index is 359. The molecular formula is C12H17FN2. The first-order chi connectivity index (χ1) is 7.09. The minimum Gasteiger partial charge on any atom is -0.371 e. The molecule has 0 radical (unpaired) electrons. The van der Waals surface area contributed by atoms with E-state index in [0.29, 0.717) is 6.04 Å². The van der Waals surface area contributed by atoms with Crippen LogP contribution in [0.15, 0.2) is 18.2 Å². The zero-order valence-corrected chi connectivity index (χ0v) is 9.20. The lowest BCUT2D eigenvalue weighted by Gasteiger charge is -2.23. The minimum absolute atomic E-state index is 0.128. The predicted octanol–water partition coefficient (Wildman–Crippen LogP) is 2.44. The molecule has 0 spiro atoms. The lowest BCUT2D eigenvalue weighted by molar-refractivity contribution is 0.621. The van der Waals surface area contributed by atoms with Crippen LogP contribution in [0.3, 0.4) is 0 Å². The average molecular weight is 208 g/mol. The number of nitrogens with zero attached hydrogens (tertiary/aromatic N) is 1. The van der Waals surface area contributed by atoms with Crippen molar-refractivity contribution in [2.75, 3.05) is 11.9 Å². The first-order valence-corrected chi connectivity index (χ1v) is 5.37. The van der Waals surface area contributed by atoms with Gasteiger partial charge in [-0.1, -0.05) is 0 Å².